The van der Waals surface area contributed by atoms with Gasteiger partial charge in [-0.05, 0) is 25.0 Å². The zero-order valence-electron chi connectivity index (χ0n) is 8.48. The number of hydrogen-bond acceptors (Lipinski definition) is 3. The van der Waals surface area contributed by atoms with E-state index in [0.29, 0.717) is 13.0 Å². The Labute approximate surface area is 91.7 Å². The van der Waals surface area contributed by atoms with Crippen molar-refractivity contribution in [3.63, 3.8) is 0 Å². The topological polar surface area (TPSA) is 35.2 Å². The highest BCUT2D eigenvalue weighted by atomic mass is 32.2. The van der Waals surface area contributed by atoms with Gasteiger partial charge in [-0.3, -0.25) is 0 Å². The average molecular weight is 243 g/mol. The molecule has 2 nitrogen and oxygen atoms in total. The first-order valence-electron chi connectivity index (χ1n) is 4.96. The van der Waals surface area contributed by atoms with Gasteiger partial charge in [-0.2, -0.15) is 24.9 Å². The van der Waals surface area contributed by atoms with Gasteiger partial charge in [0.05, 0.1) is 0 Å². The Balaban J connectivity index is 2.18. The molecule has 15 heavy (non-hydrogen) atoms. The molecule has 90 valence electrons. The third-order valence-electron chi connectivity index (χ3n) is 2.52. The van der Waals surface area contributed by atoms with Crippen molar-refractivity contribution in [2.24, 2.45) is 5.73 Å². The third kappa shape index (κ3) is 4.61. The van der Waals surface area contributed by atoms with Gasteiger partial charge in [0.1, 0.15) is 6.61 Å². The highest BCUT2D eigenvalue weighted by Gasteiger charge is 2.33. The molecule has 0 bridgehead atoms. The maximum absolute atomic E-state index is 11.8. The minimum atomic E-state index is -4.22. The molecule has 1 atom stereocenters. The fourth-order valence-electron chi connectivity index (χ4n) is 1.66. The van der Waals surface area contributed by atoms with Crippen LogP contribution in [0.4, 0.5) is 13.2 Å². The zero-order valence-corrected chi connectivity index (χ0v) is 9.29. The highest BCUT2D eigenvalue weighted by molar-refractivity contribution is 8.00. The Morgan fingerprint density at radius 2 is 2.13 bits per heavy atom. The quantitative estimate of drug-likeness (QED) is 0.752. The molecule has 0 amide bonds. The molecule has 6 heteroatoms. The third-order valence-corrected chi connectivity index (χ3v) is 4.20. The second-order valence-corrected chi connectivity index (χ2v) is 5.32. The summed E-state index contributed by atoms with van der Waals surface area (Å²) in [6.07, 6.45) is -1.52. The summed E-state index contributed by atoms with van der Waals surface area (Å²) in [5.41, 5.74) is 5.64. The maximum Gasteiger partial charge on any atom is 0.411 e. The molecule has 1 aliphatic rings. The van der Waals surface area contributed by atoms with Crippen molar-refractivity contribution in [2.45, 2.75) is 30.2 Å². The van der Waals surface area contributed by atoms with E-state index in [-0.39, 0.29) is 11.4 Å². The van der Waals surface area contributed by atoms with Crippen molar-refractivity contribution in [2.75, 3.05) is 25.5 Å². The molecule has 1 heterocycles. The number of hydrogen-bond donors (Lipinski definition) is 1. The number of alkyl halides is 3. The molecular formula is C9H16F3NOS. The Morgan fingerprint density at radius 3 is 2.60 bits per heavy atom. The van der Waals surface area contributed by atoms with Gasteiger partial charge >= 0.3 is 6.18 Å². The monoisotopic (exact) mass is 243 g/mol. The summed E-state index contributed by atoms with van der Waals surface area (Å²) in [7, 11) is 0. The van der Waals surface area contributed by atoms with Crippen molar-refractivity contribution >= 4 is 11.8 Å². The van der Waals surface area contributed by atoms with Gasteiger partial charge in [-0.1, -0.05) is 0 Å². The van der Waals surface area contributed by atoms with Crippen molar-refractivity contribution in [3.8, 4) is 0 Å². The lowest BCUT2D eigenvalue weighted by molar-refractivity contribution is -0.174. The number of rotatable bonds is 5. The summed E-state index contributed by atoms with van der Waals surface area (Å²) in [5.74, 6) is 1.05. The first kappa shape index (κ1) is 13.1. The average Bonchev–Trinajstić information content (AvgIpc) is 2.60. The van der Waals surface area contributed by atoms with E-state index in [2.05, 4.69) is 4.74 Å². The van der Waals surface area contributed by atoms with Crippen LogP contribution in [0, 0.1) is 0 Å². The van der Waals surface area contributed by atoms with Crippen LogP contribution in [0.25, 0.3) is 0 Å². The van der Waals surface area contributed by atoms with Crippen LogP contribution in [0.15, 0.2) is 0 Å². The molecule has 0 aromatic heterocycles. The molecule has 1 aliphatic heterocycles. The van der Waals surface area contributed by atoms with Crippen molar-refractivity contribution in [1.29, 1.82) is 0 Å². The van der Waals surface area contributed by atoms with Crippen LogP contribution in [0.2, 0.25) is 0 Å². The lowest BCUT2D eigenvalue weighted by atomic mass is 10.00. The molecule has 0 aliphatic carbocycles. The number of nitrogens with two attached hydrogens (primary N) is 1. The first-order valence-corrected chi connectivity index (χ1v) is 5.95. The number of thioether (sulfide) groups is 1. The molecule has 0 spiro atoms. The van der Waals surface area contributed by atoms with E-state index in [4.69, 9.17) is 5.73 Å². The molecule has 0 radical (unpaired) electrons. The van der Waals surface area contributed by atoms with Gasteiger partial charge in [0.2, 0.25) is 0 Å². The van der Waals surface area contributed by atoms with Gasteiger partial charge in [-0.25, -0.2) is 0 Å². The fraction of sp³-hybridized carbons (Fsp3) is 1.00. The van der Waals surface area contributed by atoms with E-state index >= 15 is 0 Å². The largest absolute Gasteiger partial charge is 0.411 e. The Kier molecular flexibility index (Phi) is 4.73. The Hall–Kier alpha value is 0.0600. The Bertz CT molecular complexity index is 192. The summed E-state index contributed by atoms with van der Waals surface area (Å²) in [5, 5.41) is 0. The number of ether oxygens (including phenoxy) is 1. The van der Waals surface area contributed by atoms with Gasteiger partial charge in [0, 0.05) is 17.9 Å². The molecule has 0 aromatic rings. The summed E-state index contributed by atoms with van der Waals surface area (Å²) in [6, 6.07) is 0. The lowest BCUT2D eigenvalue weighted by Crippen LogP contribution is -2.33. The van der Waals surface area contributed by atoms with E-state index in [1.807, 2.05) is 0 Å². The SMILES string of the molecule is NCC1(CCOCC(F)(F)F)CCCS1. The van der Waals surface area contributed by atoms with Crippen molar-refractivity contribution in [1.82, 2.24) is 0 Å². The smallest absolute Gasteiger partial charge is 0.372 e. The van der Waals surface area contributed by atoms with Crippen LogP contribution < -0.4 is 5.73 Å². The van der Waals surface area contributed by atoms with E-state index in [0.717, 1.165) is 18.6 Å². The predicted molar refractivity (Wildman–Crippen MR) is 55.0 cm³/mol. The minimum Gasteiger partial charge on any atom is -0.372 e. The van der Waals surface area contributed by atoms with E-state index in [1.165, 1.54) is 0 Å². The predicted octanol–water partition coefficient (Wildman–Crippen LogP) is 2.18. The van der Waals surface area contributed by atoms with Crippen molar-refractivity contribution < 1.29 is 17.9 Å². The molecule has 2 N–H and O–H groups in total. The van der Waals surface area contributed by atoms with Gasteiger partial charge in [0.25, 0.3) is 0 Å². The molecule has 1 rings (SSSR count). The van der Waals surface area contributed by atoms with Gasteiger partial charge in [-0.15, -0.1) is 0 Å². The molecular weight excluding hydrogens is 227 g/mol. The van der Waals surface area contributed by atoms with Gasteiger partial charge in [0.15, 0.2) is 0 Å². The summed E-state index contributed by atoms with van der Waals surface area (Å²) >= 11 is 1.76. The van der Waals surface area contributed by atoms with Crippen LogP contribution in [0.3, 0.4) is 0 Å². The minimum absolute atomic E-state index is 0.0361. The van der Waals surface area contributed by atoms with E-state index < -0.39 is 12.8 Å². The maximum atomic E-state index is 11.8. The molecule has 0 aromatic carbocycles. The summed E-state index contributed by atoms with van der Waals surface area (Å²) < 4.78 is 39.9. The van der Waals surface area contributed by atoms with E-state index in [1.54, 1.807) is 11.8 Å². The lowest BCUT2D eigenvalue weighted by Gasteiger charge is -2.26. The van der Waals surface area contributed by atoms with Gasteiger partial charge < -0.3 is 10.5 Å². The first-order chi connectivity index (χ1) is 6.97. The Morgan fingerprint density at radius 1 is 1.40 bits per heavy atom. The molecule has 0 saturated carbocycles. The van der Waals surface area contributed by atoms with E-state index in [9.17, 15) is 13.2 Å². The summed E-state index contributed by atoms with van der Waals surface area (Å²) in [4.78, 5) is 0. The second-order valence-electron chi connectivity index (χ2n) is 3.76. The van der Waals surface area contributed by atoms with Crippen LogP contribution in [0.5, 0.6) is 0 Å². The highest BCUT2D eigenvalue weighted by Crippen LogP contribution is 2.40. The zero-order chi connectivity index (χ0) is 11.4. The summed E-state index contributed by atoms with van der Waals surface area (Å²) in [6.45, 7) is -0.491. The second kappa shape index (κ2) is 5.41. The van der Waals surface area contributed by atoms with Crippen molar-refractivity contribution in [3.05, 3.63) is 0 Å². The van der Waals surface area contributed by atoms with Crippen LogP contribution in [0.1, 0.15) is 19.3 Å². The number of halogens is 3. The van der Waals surface area contributed by atoms with Crippen LogP contribution >= 0.6 is 11.8 Å². The molecule has 1 unspecified atom stereocenters. The molecule has 1 saturated heterocycles. The standard InChI is InChI=1S/C9H16F3NOS/c10-9(11,12)7-14-4-3-8(6-13)2-1-5-15-8/h1-7,13H2. The fourth-order valence-corrected chi connectivity index (χ4v) is 3.02. The van der Waals surface area contributed by atoms with Crippen LogP contribution in [-0.2, 0) is 4.74 Å². The normalized spacial score (nSPS) is 27.2. The van der Waals surface area contributed by atoms with Crippen LogP contribution in [-0.4, -0.2) is 36.4 Å². The molecule has 1 fully saturated rings.